The number of benzene rings is 1. The van der Waals surface area contributed by atoms with Crippen molar-refractivity contribution in [2.24, 2.45) is 10.4 Å². The minimum atomic E-state index is -0.476. The molecule has 0 aromatic heterocycles. The Balaban J connectivity index is 2.44. The fourth-order valence-corrected chi connectivity index (χ4v) is 2.21. The van der Waals surface area contributed by atoms with Crippen molar-refractivity contribution in [1.29, 1.82) is 0 Å². The van der Waals surface area contributed by atoms with Gasteiger partial charge in [0.25, 0.3) is 0 Å². The molecule has 1 aliphatic rings. The second-order valence-corrected chi connectivity index (χ2v) is 6.23. The number of halogens is 1. The smallest absolute Gasteiger partial charge is 0.363 e. The molecule has 0 unspecified atom stereocenters. The molecular weight excluding hydrogens is 306 g/mol. The Morgan fingerprint density at radius 2 is 1.91 bits per heavy atom. The second kappa shape index (κ2) is 6.01. The van der Waals surface area contributed by atoms with Crippen LogP contribution < -0.4 is 9.47 Å². The Labute approximate surface area is 134 Å². The number of carbonyl (C=O) groups is 1. The van der Waals surface area contributed by atoms with Crippen molar-refractivity contribution in [3.8, 4) is 11.5 Å². The van der Waals surface area contributed by atoms with Crippen LogP contribution in [-0.2, 0) is 9.53 Å². The molecule has 0 amide bonds. The van der Waals surface area contributed by atoms with Crippen LogP contribution in [0.3, 0.4) is 0 Å². The lowest BCUT2D eigenvalue weighted by Gasteiger charge is -2.15. The van der Waals surface area contributed by atoms with Crippen LogP contribution in [0, 0.1) is 5.41 Å². The van der Waals surface area contributed by atoms with Gasteiger partial charge in [-0.25, -0.2) is 9.79 Å². The lowest BCUT2D eigenvalue weighted by atomic mass is 9.97. The van der Waals surface area contributed by atoms with E-state index in [0.29, 0.717) is 28.0 Å². The molecule has 0 aliphatic carbocycles. The monoisotopic (exact) mass is 323 g/mol. The molecule has 0 N–H and O–H groups in total. The number of hydrogen-bond donors (Lipinski definition) is 0. The number of rotatable bonds is 3. The van der Waals surface area contributed by atoms with Gasteiger partial charge >= 0.3 is 5.97 Å². The average molecular weight is 324 g/mol. The molecule has 118 valence electrons. The summed E-state index contributed by atoms with van der Waals surface area (Å²) in [6, 6.07) is 3.39. The second-order valence-electron chi connectivity index (χ2n) is 5.82. The molecule has 0 atom stereocenters. The van der Waals surface area contributed by atoms with Gasteiger partial charge in [0.2, 0.25) is 5.90 Å². The average Bonchev–Trinajstić information content (AvgIpc) is 2.79. The van der Waals surface area contributed by atoms with Crippen LogP contribution >= 0.6 is 11.6 Å². The molecule has 0 spiro atoms. The molecule has 5 nitrogen and oxygen atoms in total. The number of methoxy groups -OCH3 is 2. The molecule has 0 fully saturated rings. The maximum Gasteiger partial charge on any atom is 0.363 e. The van der Waals surface area contributed by atoms with Crippen LogP contribution in [0.2, 0.25) is 5.02 Å². The van der Waals surface area contributed by atoms with Crippen LogP contribution in [0.15, 0.2) is 22.8 Å². The lowest BCUT2D eigenvalue weighted by Crippen LogP contribution is -2.21. The van der Waals surface area contributed by atoms with Gasteiger partial charge in [-0.05, 0) is 23.8 Å². The number of ether oxygens (including phenoxy) is 3. The summed E-state index contributed by atoms with van der Waals surface area (Å²) >= 11 is 6.15. The fourth-order valence-electron chi connectivity index (χ4n) is 1.91. The number of nitrogens with zero attached hydrogens (tertiary/aromatic N) is 1. The van der Waals surface area contributed by atoms with Gasteiger partial charge in [-0.1, -0.05) is 32.4 Å². The van der Waals surface area contributed by atoms with Gasteiger partial charge < -0.3 is 14.2 Å². The third-order valence-corrected chi connectivity index (χ3v) is 3.30. The molecule has 0 saturated heterocycles. The summed E-state index contributed by atoms with van der Waals surface area (Å²) in [5, 5.41) is 0.389. The highest BCUT2D eigenvalue weighted by molar-refractivity contribution is 6.32. The molecular formula is C16H18ClNO4. The highest BCUT2D eigenvalue weighted by Crippen LogP contribution is 2.37. The van der Waals surface area contributed by atoms with Gasteiger partial charge in [0.05, 0.1) is 19.2 Å². The molecule has 6 heteroatoms. The van der Waals surface area contributed by atoms with Gasteiger partial charge in [0, 0.05) is 5.41 Å². The van der Waals surface area contributed by atoms with E-state index >= 15 is 0 Å². The Hall–Kier alpha value is -2.01. The standard InChI is InChI=1S/C16H18ClNO4/c1-16(2,3)15-18-11(14(19)22-15)7-9-6-10(17)13(21-5)12(8-9)20-4/h6-8H,1-5H3/b11-7+. The van der Waals surface area contributed by atoms with Crippen LogP contribution in [0.1, 0.15) is 26.3 Å². The number of carbonyl (C=O) groups excluding carboxylic acids is 1. The highest BCUT2D eigenvalue weighted by Gasteiger charge is 2.31. The first-order chi connectivity index (χ1) is 10.3. The molecule has 1 aromatic rings. The van der Waals surface area contributed by atoms with Gasteiger partial charge in [-0.2, -0.15) is 0 Å². The van der Waals surface area contributed by atoms with Crippen LogP contribution in [0.25, 0.3) is 6.08 Å². The molecule has 1 heterocycles. The third kappa shape index (κ3) is 3.25. The molecule has 1 aromatic carbocycles. The van der Waals surface area contributed by atoms with E-state index in [0.717, 1.165) is 0 Å². The largest absolute Gasteiger partial charge is 0.493 e. The Kier molecular flexibility index (Phi) is 4.47. The number of cyclic esters (lactones) is 1. The normalized spacial score (nSPS) is 16.5. The first-order valence-electron chi connectivity index (χ1n) is 6.71. The van der Waals surface area contributed by atoms with E-state index in [1.807, 2.05) is 20.8 Å². The molecule has 1 aliphatic heterocycles. The van der Waals surface area contributed by atoms with Gasteiger partial charge in [0.1, 0.15) is 0 Å². The first-order valence-corrected chi connectivity index (χ1v) is 7.08. The predicted molar refractivity (Wildman–Crippen MR) is 85.5 cm³/mol. The summed E-state index contributed by atoms with van der Waals surface area (Å²) in [6.07, 6.45) is 1.61. The quantitative estimate of drug-likeness (QED) is 0.628. The van der Waals surface area contributed by atoms with Crippen molar-refractivity contribution >= 4 is 29.5 Å². The summed E-state index contributed by atoms with van der Waals surface area (Å²) in [7, 11) is 3.03. The van der Waals surface area contributed by atoms with E-state index in [2.05, 4.69) is 4.99 Å². The lowest BCUT2D eigenvalue weighted by molar-refractivity contribution is -0.130. The van der Waals surface area contributed by atoms with E-state index in [4.69, 9.17) is 25.8 Å². The third-order valence-electron chi connectivity index (χ3n) is 3.02. The molecule has 2 rings (SSSR count). The van der Waals surface area contributed by atoms with E-state index in [1.165, 1.54) is 14.2 Å². The van der Waals surface area contributed by atoms with E-state index in [-0.39, 0.29) is 11.1 Å². The van der Waals surface area contributed by atoms with Gasteiger partial charge in [-0.3, -0.25) is 0 Å². The predicted octanol–water partition coefficient (Wildman–Crippen LogP) is 3.70. The number of esters is 1. The van der Waals surface area contributed by atoms with Crippen LogP contribution in [-0.4, -0.2) is 26.1 Å². The summed E-state index contributed by atoms with van der Waals surface area (Å²) in [5.41, 5.74) is 0.572. The van der Waals surface area contributed by atoms with Crippen molar-refractivity contribution in [1.82, 2.24) is 0 Å². The minimum absolute atomic E-state index is 0.230. The Morgan fingerprint density at radius 1 is 1.23 bits per heavy atom. The Morgan fingerprint density at radius 3 is 2.41 bits per heavy atom. The van der Waals surface area contributed by atoms with Crippen molar-refractivity contribution in [3.63, 3.8) is 0 Å². The molecule has 0 bridgehead atoms. The zero-order chi connectivity index (χ0) is 16.5. The van der Waals surface area contributed by atoms with Crippen molar-refractivity contribution in [2.75, 3.05) is 14.2 Å². The van der Waals surface area contributed by atoms with Crippen LogP contribution in [0.4, 0.5) is 0 Å². The molecule has 0 saturated carbocycles. The Bertz CT molecular complexity index is 671. The molecule has 22 heavy (non-hydrogen) atoms. The van der Waals surface area contributed by atoms with Crippen LogP contribution in [0.5, 0.6) is 11.5 Å². The zero-order valence-corrected chi connectivity index (χ0v) is 13.9. The summed E-state index contributed by atoms with van der Waals surface area (Å²) in [5.74, 6) is 0.846. The molecule has 0 radical (unpaired) electrons. The number of hydrogen-bond acceptors (Lipinski definition) is 5. The van der Waals surface area contributed by atoms with Crippen molar-refractivity contribution in [2.45, 2.75) is 20.8 Å². The van der Waals surface area contributed by atoms with E-state index in [9.17, 15) is 4.79 Å². The number of aliphatic imine (C=N–C) groups is 1. The maximum absolute atomic E-state index is 11.9. The minimum Gasteiger partial charge on any atom is -0.493 e. The van der Waals surface area contributed by atoms with E-state index < -0.39 is 5.97 Å². The zero-order valence-electron chi connectivity index (χ0n) is 13.2. The fraction of sp³-hybridized carbons (Fsp3) is 0.375. The maximum atomic E-state index is 11.9. The summed E-state index contributed by atoms with van der Waals surface area (Å²) in [6.45, 7) is 5.78. The SMILES string of the molecule is COc1cc(/C=C2/N=C(C(C)(C)C)OC2=O)cc(Cl)c1OC. The van der Waals surface area contributed by atoms with E-state index in [1.54, 1.807) is 18.2 Å². The first kappa shape index (κ1) is 16.4. The highest BCUT2D eigenvalue weighted by atomic mass is 35.5. The van der Waals surface area contributed by atoms with Crippen molar-refractivity contribution < 1.29 is 19.0 Å². The van der Waals surface area contributed by atoms with Gasteiger partial charge in [-0.15, -0.1) is 0 Å². The summed E-state index contributed by atoms with van der Waals surface area (Å²) < 4.78 is 15.6. The van der Waals surface area contributed by atoms with Gasteiger partial charge in [0.15, 0.2) is 17.2 Å². The topological polar surface area (TPSA) is 57.1 Å². The summed E-state index contributed by atoms with van der Waals surface area (Å²) in [4.78, 5) is 16.2. The van der Waals surface area contributed by atoms with Crippen molar-refractivity contribution in [3.05, 3.63) is 28.4 Å².